The van der Waals surface area contributed by atoms with Gasteiger partial charge in [-0.1, -0.05) is 35.1 Å². The number of anilines is 1. The van der Waals surface area contributed by atoms with Crippen molar-refractivity contribution in [2.24, 2.45) is 0 Å². The number of nitrogens with one attached hydrogen (secondary N) is 1. The van der Waals surface area contributed by atoms with Gasteiger partial charge in [-0.25, -0.2) is 0 Å². The van der Waals surface area contributed by atoms with Gasteiger partial charge < -0.3 is 14.8 Å². The van der Waals surface area contributed by atoms with Crippen molar-refractivity contribution < 1.29 is 9.52 Å². The van der Waals surface area contributed by atoms with Crippen molar-refractivity contribution in [3.63, 3.8) is 0 Å². The fourth-order valence-corrected chi connectivity index (χ4v) is 3.13. The van der Waals surface area contributed by atoms with E-state index in [0.717, 1.165) is 16.3 Å². The van der Waals surface area contributed by atoms with Crippen LogP contribution in [-0.2, 0) is 12.0 Å². The van der Waals surface area contributed by atoms with Crippen molar-refractivity contribution in [1.29, 1.82) is 0 Å². The van der Waals surface area contributed by atoms with Gasteiger partial charge in [-0.15, -0.1) is 10.2 Å². The van der Waals surface area contributed by atoms with E-state index in [1.54, 1.807) is 13.0 Å². The fourth-order valence-electron chi connectivity index (χ4n) is 2.23. The third kappa shape index (κ3) is 4.14. The van der Waals surface area contributed by atoms with Crippen LogP contribution in [0.4, 0.5) is 5.13 Å². The molecule has 24 heavy (non-hydrogen) atoms. The molecule has 126 valence electrons. The minimum absolute atomic E-state index is 0.287. The predicted molar refractivity (Wildman–Crippen MR) is 95.7 cm³/mol. The first-order valence-corrected chi connectivity index (χ1v) is 8.72. The Bertz CT molecular complexity index is 811. The largest absolute Gasteiger partial charge is 0.463 e. The quantitative estimate of drug-likeness (QED) is 0.692. The Labute approximate surface area is 149 Å². The van der Waals surface area contributed by atoms with Crippen LogP contribution in [0.15, 0.2) is 40.8 Å². The predicted octanol–water partition coefficient (Wildman–Crippen LogP) is 4.00. The maximum atomic E-state index is 10.5. The highest BCUT2D eigenvalue weighted by molar-refractivity contribution is 7.15. The van der Waals surface area contributed by atoms with Gasteiger partial charge >= 0.3 is 0 Å². The summed E-state index contributed by atoms with van der Waals surface area (Å²) in [6.07, 6.45) is 0.699. The Morgan fingerprint density at radius 2 is 1.96 bits per heavy atom. The Balaban J connectivity index is 1.60. The highest BCUT2D eigenvalue weighted by Gasteiger charge is 2.27. The molecule has 0 saturated heterocycles. The van der Waals surface area contributed by atoms with Gasteiger partial charge in [0.05, 0.1) is 6.54 Å². The standard InChI is InChI=1S/C17H18ClN3O2S/c1-11-3-8-14(23-11)17(2,22)10-19-16-21-20-15(24-16)9-12-4-6-13(18)7-5-12/h3-8,22H,9-10H2,1-2H3,(H,19,21). The molecule has 0 aliphatic heterocycles. The number of hydrogen-bond acceptors (Lipinski definition) is 6. The van der Waals surface area contributed by atoms with E-state index in [2.05, 4.69) is 15.5 Å². The number of furan rings is 1. The first-order chi connectivity index (χ1) is 11.4. The summed E-state index contributed by atoms with van der Waals surface area (Å²) in [5.41, 5.74) is 0.0103. The molecule has 0 aliphatic carbocycles. The molecular formula is C17H18ClN3O2S. The zero-order valence-electron chi connectivity index (χ0n) is 13.4. The number of halogens is 1. The van der Waals surface area contributed by atoms with E-state index >= 15 is 0 Å². The first kappa shape index (κ1) is 17.0. The van der Waals surface area contributed by atoms with Crippen LogP contribution >= 0.6 is 22.9 Å². The van der Waals surface area contributed by atoms with E-state index in [9.17, 15) is 5.11 Å². The molecule has 0 saturated carbocycles. The van der Waals surface area contributed by atoms with Crippen LogP contribution in [0.3, 0.4) is 0 Å². The van der Waals surface area contributed by atoms with Gasteiger partial charge in [-0.05, 0) is 43.7 Å². The fraction of sp³-hybridized carbons (Fsp3) is 0.294. The van der Waals surface area contributed by atoms with Crippen LogP contribution in [0, 0.1) is 6.92 Å². The van der Waals surface area contributed by atoms with Crippen LogP contribution in [-0.4, -0.2) is 21.8 Å². The van der Waals surface area contributed by atoms with Crippen molar-refractivity contribution in [1.82, 2.24) is 10.2 Å². The summed E-state index contributed by atoms with van der Waals surface area (Å²) in [4.78, 5) is 0. The highest BCUT2D eigenvalue weighted by Crippen LogP contribution is 2.25. The summed E-state index contributed by atoms with van der Waals surface area (Å²) in [6, 6.07) is 11.3. The number of hydrogen-bond donors (Lipinski definition) is 2. The molecule has 5 nitrogen and oxygen atoms in total. The van der Waals surface area contributed by atoms with E-state index in [4.69, 9.17) is 16.0 Å². The number of aromatic nitrogens is 2. The number of benzene rings is 1. The summed E-state index contributed by atoms with van der Waals surface area (Å²) >= 11 is 7.35. The topological polar surface area (TPSA) is 71.2 Å². The average molecular weight is 364 g/mol. The van der Waals surface area contributed by atoms with Gasteiger partial charge in [0.2, 0.25) is 5.13 Å². The van der Waals surface area contributed by atoms with E-state index in [1.807, 2.05) is 37.3 Å². The zero-order chi connectivity index (χ0) is 17.2. The van der Waals surface area contributed by atoms with Crippen molar-refractivity contribution in [2.45, 2.75) is 25.9 Å². The molecule has 0 fully saturated rings. The molecule has 3 aromatic rings. The molecule has 1 unspecified atom stereocenters. The molecule has 2 N–H and O–H groups in total. The second-order valence-corrected chi connectivity index (χ2v) is 7.34. The number of aliphatic hydroxyl groups is 1. The lowest BCUT2D eigenvalue weighted by Gasteiger charge is -2.20. The number of aryl methyl sites for hydroxylation is 1. The van der Waals surface area contributed by atoms with Crippen LogP contribution in [0.25, 0.3) is 0 Å². The molecule has 7 heteroatoms. The SMILES string of the molecule is Cc1ccc(C(C)(O)CNc2nnc(Cc3ccc(Cl)cc3)s2)o1. The molecule has 2 heterocycles. The summed E-state index contributed by atoms with van der Waals surface area (Å²) in [6.45, 7) is 3.84. The maximum Gasteiger partial charge on any atom is 0.205 e. The lowest BCUT2D eigenvalue weighted by atomic mass is 10.0. The third-order valence-electron chi connectivity index (χ3n) is 3.59. The molecule has 1 atom stereocenters. The third-order valence-corrected chi connectivity index (χ3v) is 4.72. The van der Waals surface area contributed by atoms with E-state index in [0.29, 0.717) is 22.3 Å². The highest BCUT2D eigenvalue weighted by atomic mass is 35.5. The normalized spacial score (nSPS) is 13.7. The van der Waals surface area contributed by atoms with E-state index in [1.165, 1.54) is 11.3 Å². The van der Waals surface area contributed by atoms with Gasteiger partial charge in [0.15, 0.2) is 0 Å². The van der Waals surface area contributed by atoms with Crippen molar-refractivity contribution in [3.05, 3.63) is 63.5 Å². The maximum absolute atomic E-state index is 10.5. The molecule has 3 rings (SSSR count). The average Bonchev–Trinajstić information content (AvgIpc) is 3.17. The van der Waals surface area contributed by atoms with Gasteiger partial charge in [0.25, 0.3) is 0 Å². The second kappa shape index (κ2) is 6.93. The zero-order valence-corrected chi connectivity index (χ0v) is 15.0. The lowest BCUT2D eigenvalue weighted by Crippen LogP contribution is -2.30. The van der Waals surface area contributed by atoms with Crippen LogP contribution in [0.2, 0.25) is 5.02 Å². The minimum atomic E-state index is -1.11. The molecule has 0 bridgehead atoms. The summed E-state index contributed by atoms with van der Waals surface area (Å²) in [5, 5.41) is 24.2. The molecule has 1 aromatic carbocycles. The van der Waals surface area contributed by atoms with Gasteiger partial charge in [0, 0.05) is 11.4 Å². The number of nitrogens with zero attached hydrogens (tertiary/aromatic N) is 2. The molecular weight excluding hydrogens is 346 g/mol. The summed E-state index contributed by atoms with van der Waals surface area (Å²) in [7, 11) is 0. The molecule has 0 amide bonds. The van der Waals surface area contributed by atoms with Gasteiger partial charge in [0.1, 0.15) is 22.1 Å². The van der Waals surface area contributed by atoms with Crippen LogP contribution < -0.4 is 5.32 Å². The van der Waals surface area contributed by atoms with Crippen LogP contribution in [0.1, 0.15) is 29.0 Å². The monoisotopic (exact) mass is 363 g/mol. The van der Waals surface area contributed by atoms with E-state index < -0.39 is 5.60 Å². The molecule has 0 spiro atoms. The molecule has 0 aliphatic rings. The Morgan fingerprint density at radius 3 is 2.62 bits per heavy atom. The second-order valence-electron chi connectivity index (χ2n) is 5.84. The Kier molecular flexibility index (Phi) is 4.89. The molecule has 0 radical (unpaired) electrons. The van der Waals surface area contributed by atoms with Gasteiger partial charge in [-0.3, -0.25) is 0 Å². The lowest BCUT2D eigenvalue weighted by molar-refractivity contribution is 0.0468. The Morgan fingerprint density at radius 1 is 1.21 bits per heavy atom. The molecule has 2 aromatic heterocycles. The van der Waals surface area contributed by atoms with Gasteiger partial charge in [-0.2, -0.15) is 0 Å². The number of rotatable bonds is 6. The first-order valence-electron chi connectivity index (χ1n) is 7.52. The smallest absolute Gasteiger partial charge is 0.205 e. The summed E-state index contributed by atoms with van der Waals surface area (Å²) in [5.74, 6) is 1.30. The van der Waals surface area contributed by atoms with Crippen molar-refractivity contribution >= 4 is 28.1 Å². The Hall–Kier alpha value is -1.89. The van der Waals surface area contributed by atoms with Crippen molar-refractivity contribution in [3.8, 4) is 0 Å². The summed E-state index contributed by atoms with van der Waals surface area (Å²) < 4.78 is 5.50. The van der Waals surface area contributed by atoms with Crippen molar-refractivity contribution in [2.75, 3.05) is 11.9 Å². The van der Waals surface area contributed by atoms with E-state index in [-0.39, 0.29) is 6.54 Å². The van der Waals surface area contributed by atoms with Crippen LogP contribution in [0.5, 0.6) is 0 Å². The minimum Gasteiger partial charge on any atom is -0.463 e.